The third kappa shape index (κ3) is 7.89. The highest BCUT2D eigenvalue weighted by molar-refractivity contribution is 5.80. The van der Waals surface area contributed by atoms with Crippen LogP contribution >= 0.6 is 0 Å². The lowest BCUT2D eigenvalue weighted by Gasteiger charge is -2.33. The molecule has 2 aromatic rings. The van der Waals surface area contributed by atoms with Crippen LogP contribution < -0.4 is 19.7 Å². The van der Waals surface area contributed by atoms with E-state index >= 15 is 0 Å². The Morgan fingerprint density at radius 3 is 2.45 bits per heavy atom. The van der Waals surface area contributed by atoms with Gasteiger partial charge >= 0.3 is 5.97 Å². The van der Waals surface area contributed by atoms with Crippen LogP contribution in [0.1, 0.15) is 83.4 Å². The zero-order valence-corrected chi connectivity index (χ0v) is 23.7. The number of amides is 1. The molecule has 208 valence electrons. The summed E-state index contributed by atoms with van der Waals surface area (Å²) in [7, 11) is 1.54. The highest BCUT2D eigenvalue weighted by Gasteiger charge is 2.32. The first-order valence-corrected chi connectivity index (χ1v) is 14.0. The van der Waals surface area contributed by atoms with Gasteiger partial charge in [0.1, 0.15) is 0 Å². The van der Waals surface area contributed by atoms with Gasteiger partial charge in [0, 0.05) is 18.8 Å². The molecule has 1 unspecified atom stereocenters. The third-order valence-corrected chi connectivity index (χ3v) is 6.92. The summed E-state index contributed by atoms with van der Waals surface area (Å²) in [5.41, 5.74) is 2.06. The van der Waals surface area contributed by atoms with Crippen molar-refractivity contribution in [1.82, 2.24) is 5.32 Å². The summed E-state index contributed by atoms with van der Waals surface area (Å²) in [6.07, 6.45) is 6.91. The standard InChI is InChI=1S/C31H44N2O5/c1-6-8-15-25(24-14-10-11-16-26(24)33-19-12-9-13-20-33)32-29(34)22-23-17-18-27(28(21-23)36-5)38-31(3,4)30(35)37-7-2/h10-11,14,16-18,21,25H,6-9,12-13,15,19-20,22H2,1-5H3,(H,32,34). The predicted molar refractivity (Wildman–Crippen MR) is 151 cm³/mol. The summed E-state index contributed by atoms with van der Waals surface area (Å²) in [4.78, 5) is 28.0. The van der Waals surface area contributed by atoms with E-state index in [1.807, 2.05) is 6.07 Å². The molecule has 1 fully saturated rings. The number of hydrogen-bond acceptors (Lipinski definition) is 6. The number of methoxy groups -OCH3 is 1. The van der Waals surface area contributed by atoms with Crippen LogP contribution in [0.25, 0.3) is 0 Å². The van der Waals surface area contributed by atoms with Gasteiger partial charge in [0.15, 0.2) is 17.1 Å². The average Bonchev–Trinajstić information content (AvgIpc) is 2.92. The second-order valence-corrected chi connectivity index (χ2v) is 10.4. The van der Waals surface area contributed by atoms with Crippen LogP contribution in [0.15, 0.2) is 42.5 Å². The number of carbonyl (C=O) groups excluding carboxylic acids is 2. The van der Waals surface area contributed by atoms with E-state index < -0.39 is 11.6 Å². The molecule has 0 spiro atoms. The molecule has 1 heterocycles. The van der Waals surface area contributed by atoms with Crippen molar-refractivity contribution in [3.8, 4) is 11.5 Å². The van der Waals surface area contributed by atoms with Gasteiger partial charge in [-0.25, -0.2) is 4.79 Å². The Bertz CT molecular complexity index is 1060. The smallest absolute Gasteiger partial charge is 0.349 e. The van der Waals surface area contributed by atoms with Gasteiger partial charge in [-0.2, -0.15) is 0 Å². The van der Waals surface area contributed by atoms with E-state index in [9.17, 15) is 9.59 Å². The number of nitrogens with zero attached hydrogens (tertiary/aromatic N) is 1. The lowest BCUT2D eigenvalue weighted by molar-refractivity contribution is -0.158. The second-order valence-electron chi connectivity index (χ2n) is 10.4. The van der Waals surface area contributed by atoms with Gasteiger partial charge in [-0.15, -0.1) is 0 Å². The molecule has 2 aromatic carbocycles. The number of ether oxygens (including phenoxy) is 3. The number of rotatable bonds is 13. The van der Waals surface area contributed by atoms with E-state index in [0.29, 0.717) is 11.5 Å². The Morgan fingerprint density at radius 2 is 1.76 bits per heavy atom. The average molecular weight is 525 g/mol. The van der Waals surface area contributed by atoms with E-state index in [1.54, 1.807) is 40.0 Å². The minimum absolute atomic E-state index is 0.0397. The molecule has 3 rings (SSSR count). The topological polar surface area (TPSA) is 77.1 Å². The van der Waals surface area contributed by atoms with E-state index in [1.165, 1.54) is 30.5 Å². The monoisotopic (exact) mass is 524 g/mol. The van der Waals surface area contributed by atoms with Crippen molar-refractivity contribution in [1.29, 1.82) is 0 Å². The van der Waals surface area contributed by atoms with Crippen molar-refractivity contribution in [2.45, 2.75) is 84.3 Å². The van der Waals surface area contributed by atoms with Gasteiger partial charge in [-0.3, -0.25) is 4.79 Å². The second kappa shape index (κ2) is 14.1. The minimum Gasteiger partial charge on any atom is -0.493 e. The molecule has 1 atom stereocenters. The fourth-order valence-electron chi connectivity index (χ4n) is 4.88. The van der Waals surface area contributed by atoms with Crippen LogP contribution in [-0.2, 0) is 20.7 Å². The quantitative estimate of drug-likeness (QED) is 0.324. The molecule has 0 aliphatic carbocycles. The fourth-order valence-corrected chi connectivity index (χ4v) is 4.88. The van der Waals surface area contributed by atoms with Gasteiger partial charge in [-0.05, 0) is 75.8 Å². The van der Waals surface area contributed by atoms with Crippen molar-refractivity contribution >= 4 is 17.6 Å². The molecule has 38 heavy (non-hydrogen) atoms. The van der Waals surface area contributed by atoms with Crippen molar-refractivity contribution in [3.63, 3.8) is 0 Å². The maximum absolute atomic E-state index is 13.3. The number of unbranched alkanes of at least 4 members (excludes halogenated alkanes) is 1. The fraction of sp³-hybridized carbons (Fsp3) is 0.548. The lowest BCUT2D eigenvalue weighted by atomic mass is 9.97. The first-order chi connectivity index (χ1) is 18.3. The summed E-state index contributed by atoms with van der Waals surface area (Å²) in [5, 5.41) is 3.32. The summed E-state index contributed by atoms with van der Waals surface area (Å²) >= 11 is 0. The van der Waals surface area contributed by atoms with Gasteiger partial charge < -0.3 is 24.4 Å². The minimum atomic E-state index is -1.17. The number of esters is 1. The Balaban J connectivity index is 1.74. The maximum Gasteiger partial charge on any atom is 0.349 e. The number of benzene rings is 2. The molecule has 1 N–H and O–H groups in total. The summed E-state index contributed by atoms with van der Waals surface area (Å²) in [6.45, 7) is 9.65. The maximum atomic E-state index is 13.3. The van der Waals surface area contributed by atoms with E-state index in [-0.39, 0.29) is 25.0 Å². The van der Waals surface area contributed by atoms with Gasteiger partial charge in [-0.1, -0.05) is 44.0 Å². The van der Waals surface area contributed by atoms with E-state index in [2.05, 4.69) is 41.4 Å². The van der Waals surface area contributed by atoms with Crippen LogP contribution in [0.4, 0.5) is 5.69 Å². The molecule has 0 bridgehead atoms. The van der Waals surface area contributed by atoms with Crippen LogP contribution in [0.3, 0.4) is 0 Å². The number of para-hydroxylation sites is 1. The SMILES string of the molecule is CCCCC(NC(=O)Cc1ccc(OC(C)(C)C(=O)OCC)c(OC)c1)c1ccccc1N1CCCCC1. The number of anilines is 1. The van der Waals surface area contributed by atoms with Crippen molar-refractivity contribution in [3.05, 3.63) is 53.6 Å². The number of piperidine rings is 1. The van der Waals surface area contributed by atoms with Crippen LogP contribution in [0.5, 0.6) is 11.5 Å². The summed E-state index contributed by atoms with van der Waals surface area (Å²) < 4.78 is 16.6. The molecule has 1 aliphatic heterocycles. The predicted octanol–water partition coefficient (Wildman–Crippen LogP) is 6.00. The third-order valence-electron chi connectivity index (χ3n) is 6.92. The van der Waals surface area contributed by atoms with Crippen LogP contribution in [0.2, 0.25) is 0 Å². The Hall–Kier alpha value is -3.22. The zero-order chi connectivity index (χ0) is 27.5. The molecule has 0 saturated carbocycles. The largest absolute Gasteiger partial charge is 0.493 e. The number of carbonyl (C=O) groups is 2. The van der Waals surface area contributed by atoms with Crippen LogP contribution in [-0.4, -0.2) is 44.3 Å². The highest BCUT2D eigenvalue weighted by atomic mass is 16.6. The number of hydrogen-bond donors (Lipinski definition) is 1. The lowest BCUT2D eigenvalue weighted by Crippen LogP contribution is -2.39. The molecule has 1 saturated heterocycles. The van der Waals surface area contributed by atoms with E-state index in [4.69, 9.17) is 14.2 Å². The van der Waals surface area contributed by atoms with Crippen LogP contribution in [0, 0.1) is 0 Å². The van der Waals surface area contributed by atoms with Gasteiger partial charge in [0.25, 0.3) is 0 Å². The number of nitrogens with one attached hydrogen (secondary N) is 1. The first kappa shape index (κ1) is 29.3. The Morgan fingerprint density at radius 1 is 1.03 bits per heavy atom. The zero-order valence-electron chi connectivity index (χ0n) is 23.7. The van der Waals surface area contributed by atoms with Gasteiger partial charge in [0.2, 0.25) is 5.91 Å². The van der Waals surface area contributed by atoms with Crippen molar-refractivity contribution < 1.29 is 23.8 Å². The van der Waals surface area contributed by atoms with Crippen molar-refractivity contribution in [2.24, 2.45) is 0 Å². The molecule has 1 aliphatic rings. The Labute approximate surface area is 227 Å². The van der Waals surface area contributed by atoms with E-state index in [0.717, 1.165) is 37.9 Å². The molecular weight excluding hydrogens is 480 g/mol. The van der Waals surface area contributed by atoms with Crippen molar-refractivity contribution in [2.75, 3.05) is 31.7 Å². The highest BCUT2D eigenvalue weighted by Crippen LogP contribution is 2.33. The summed E-state index contributed by atoms with van der Waals surface area (Å²) in [5.74, 6) is 0.396. The first-order valence-electron chi connectivity index (χ1n) is 14.0. The molecular formula is C31H44N2O5. The normalized spacial score (nSPS) is 14.5. The molecule has 1 amide bonds. The summed E-state index contributed by atoms with van der Waals surface area (Å²) in [6, 6.07) is 13.8. The molecule has 0 radical (unpaired) electrons. The van der Waals surface area contributed by atoms with Gasteiger partial charge in [0.05, 0.1) is 26.2 Å². The molecule has 0 aromatic heterocycles. The Kier molecular flexibility index (Phi) is 10.9. The molecule has 7 heteroatoms. The molecule has 7 nitrogen and oxygen atoms in total.